The number of carboxylic acid groups (broad SMARTS) is 1. The summed E-state index contributed by atoms with van der Waals surface area (Å²) in [6.45, 7) is 0.334. The molecule has 3 nitrogen and oxygen atoms in total. The first-order chi connectivity index (χ1) is 7.22. The lowest BCUT2D eigenvalue weighted by atomic mass is 10.1. The van der Waals surface area contributed by atoms with Crippen LogP contribution in [0.2, 0.25) is 0 Å². The number of nitrogens with two attached hydrogens (primary N) is 1. The van der Waals surface area contributed by atoms with E-state index in [0.717, 1.165) is 17.2 Å². The summed E-state index contributed by atoms with van der Waals surface area (Å²) in [7, 11) is 0. The van der Waals surface area contributed by atoms with Gasteiger partial charge in [0.15, 0.2) is 0 Å². The van der Waals surface area contributed by atoms with Gasteiger partial charge >= 0.3 is 5.97 Å². The molecule has 0 heterocycles. The molecule has 0 saturated heterocycles. The van der Waals surface area contributed by atoms with E-state index in [1.165, 1.54) is 6.08 Å². The van der Waals surface area contributed by atoms with Gasteiger partial charge in [-0.25, -0.2) is 4.79 Å². The summed E-state index contributed by atoms with van der Waals surface area (Å²) in [6.07, 6.45) is 2.63. The highest BCUT2D eigenvalue weighted by Crippen LogP contribution is 2.04. The van der Waals surface area contributed by atoms with Gasteiger partial charge in [-0.3, -0.25) is 0 Å². The van der Waals surface area contributed by atoms with Gasteiger partial charge in [-0.1, -0.05) is 24.0 Å². The molecule has 0 radical (unpaired) electrons. The van der Waals surface area contributed by atoms with Gasteiger partial charge in [0.1, 0.15) is 0 Å². The second kappa shape index (κ2) is 5.63. The molecular weight excluding hydrogens is 190 g/mol. The summed E-state index contributed by atoms with van der Waals surface area (Å²) >= 11 is 0. The van der Waals surface area contributed by atoms with E-state index in [4.69, 9.17) is 10.8 Å². The Morgan fingerprint density at radius 1 is 1.40 bits per heavy atom. The zero-order valence-corrected chi connectivity index (χ0v) is 8.10. The molecule has 0 aliphatic heterocycles. The first-order valence-corrected chi connectivity index (χ1v) is 4.42. The van der Waals surface area contributed by atoms with Crippen LogP contribution in [0.1, 0.15) is 11.1 Å². The van der Waals surface area contributed by atoms with E-state index in [-0.39, 0.29) is 0 Å². The molecule has 1 aromatic carbocycles. The Labute approximate surface area is 88.2 Å². The van der Waals surface area contributed by atoms with E-state index in [2.05, 4.69) is 11.8 Å². The maximum Gasteiger partial charge on any atom is 0.328 e. The molecule has 3 heteroatoms. The third-order valence-electron chi connectivity index (χ3n) is 1.66. The molecule has 0 spiro atoms. The number of carbonyl (C=O) groups is 1. The highest BCUT2D eigenvalue weighted by molar-refractivity contribution is 5.85. The summed E-state index contributed by atoms with van der Waals surface area (Å²) in [5.74, 6) is 4.66. The van der Waals surface area contributed by atoms with Gasteiger partial charge in [-0.2, -0.15) is 0 Å². The van der Waals surface area contributed by atoms with Gasteiger partial charge in [-0.05, 0) is 23.8 Å². The lowest BCUT2D eigenvalue weighted by Crippen LogP contribution is -1.92. The third-order valence-corrected chi connectivity index (χ3v) is 1.66. The van der Waals surface area contributed by atoms with Crippen LogP contribution in [0.4, 0.5) is 0 Å². The van der Waals surface area contributed by atoms with E-state index in [0.29, 0.717) is 6.54 Å². The first-order valence-electron chi connectivity index (χ1n) is 4.42. The van der Waals surface area contributed by atoms with Crippen molar-refractivity contribution in [1.82, 2.24) is 0 Å². The highest BCUT2D eigenvalue weighted by atomic mass is 16.4. The van der Waals surface area contributed by atoms with Crippen molar-refractivity contribution in [1.29, 1.82) is 0 Å². The summed E-state index contributed by atoms with van der Waals surface area (Å²) < 4.78 is 0. The van der Waals surface area contributed by atoms with Gasteiger partial charge < -0.3 is 10.8 Å². The quantitative estimate of drug-likeness (QED) is 0.556. The van der Waals surface area contributed by atoms with Crippen LogP contribution >= 0.6 is 0 Å². The molecule has 0 unspecified atom stereocenters. The molecule has 0 aromatic heterocycles. The van der Waals surface area contributed by atoms with E-state index in [1.54, 1.807) is 12.1 Å². The predicted molar refractivity (Wildman–Crippen MR) is 59.0 cm³/mol. The van der Waals surface area contributed by atoms with Gasteiger partial charge in [0.25, 0.3) is 0 Å². The Balaban J connectivity index is 2.76. The molecule has 15 heavy (non-hydrogen) atoms. The summed E-state index contributed by atoms with van der Waals surface area (Å²) in [4.78, 5) is 10.3. The summed E-state index contributed by atoms with van der Waals surface area (Å²) in [5.41, 5.74) is 6.94. The average Bonchev–Trinajstić information content (AvgIpc) is 2.25. The van der Waals surface area contributed by atoms with Crippen molar-refractivity contribution in [3.05, 3.63) is 41.5 Å². The van der Waals surface area contributed by atoms with E-state index < -0.39 is 5.97 Å². The fourth-order valence-corrected chi connectivity index (χ4v) is 0.998. The second-order valence-electron chi connectivity index (χ2n) is 2.80. The van der Waals surface area contributed by atoms with Crippen LogP contribution in [0.25, 0.3) is 6.08 Å². The minimum Gasteiger partial charge on any atom is -0.478 e. The number of hydrogen-bond acceptors (Lipinski definition) is 2. The molecule has 3 N–H and O–H groups in total. The van der Waals surface area contributed by atoms with Crippen molar-refractivity contribution >= 4 is 12.0 Å². The summed E-state index contributed by atoms with van der Waals surface area (Å²) in [5, 5.41) is 8.42. The van der Waals surface area contributed by atoms with Gasteiger partial charge in [0, 0.05) is 11.6 Å². The van der Waals surface area contributed by atoms with Gasteiger partial charge in [0.05, 0.1) is 6.54 Å². The van der Waals surface area contributed by atoms with Crippen molar-refractivity contribution in [2.24, 2.45) is 5.73 Å². The smallest absolute Gasteiger partial charge is 0.328 e. The topological polar surface area (TPSA) is 63.3 Å². The van der Waals surface area contributed by atoms with Crippen molar-refractivity contribution < 1.29 is 9.90 Å². The molecule has 0 aliphatic carbocycles. The van der Waals surface area contributed by atoms with E-state index in [9.17, 15) is 4.79 Å². The van der Waals surface area contributed by atoms with Crippen LogP contribution in [0.15, 0.2) is 30.3 Å². The van der Waals surface area contributed by atoms with E-state index >= 15 is 0 Å². The molecule has 76 valence electrons. The minimum atomic E-state index is -0.956. The largest absolute Gasteiger partial charge is 0.478 e. The molecule has 0 bridgehead atoms. The maximum atomic E-state index is 10.3. The number of carboxylic acids is 1. The fraction of sp³-hybridized carbons (Fsp3) is 0.0833. The molecule has 0 saturated carbocycles. The second-order valence-corrected chi connectivity index (χ2v) is 2.80. The fourth-order valence-electron chi connectivity index (χ4n) is 0.998. The average molecular weight is 201 g/mol. The molecule has 0 fully saturated rings. The molecule has 1 rings (SSSR count). The van der Waals surface area contributed by atoms with Crippen LogP contribution < -0.4 is 5.73 Å². The molecule has 0 atom stereocenters. The van der Waals surface area contributed by atoms with Crippen LogP contribution in [-0.4, -0.2) is 17.6 Å². The molecule has 0 aliphatic rings. The zero-order chi connectivity index (χ0) is 11.1. The molecule has 1 aromatic rings. The Bertz CT molecular complexity index is 421. The number of rotatable bonds is 2. The Hall–Kier alpha value is -2.05. The molecule has 0 amide bonds. The summed E-state index contributed by atoms with van der Waals surface area (Å²) in [6, 6.07) is 7.26. The van der Waals surface area contributed by atoms with Crippen LogP contribution in [0, 0.1) is 11.8 Å². The maximum absolute atomic E-state index is 10.3. The van der Waals surface area contributed by atoms with Gasteiger partial charge in [0.2, 0.25) is 0 Å². The first kappa shape index (κ1) is 11.0. The highest BCUT2D eigenvalue weighted by Gasteiger charge is 1.90. The predicted octanol–water partition coefficient (Wildman–Crippen LogP) is 1.09. The SMILES string of the molecule is NCC#Cc1ccc(/C=C/C(=O)O)cc1. The lowest BCUT2D eigenvalue weighted by molar-refractivity contribution is -0.131. The van der Waals surface area contributed by atoms with Crippen molar-refractivity contribution in [2.45, 2.75) is 0 Å². The lowest BCUT2D eigenvalue weighted by Gasteiger charge is -1.93. The minimum absolute atomic E-state index is 0.334. The van der Waals surface area contributed by atoms with E-state index in [1.807, 2.05) is 12.1 Å². The Kier molecular flexibility index (Phi) is 4.14. The Morgan fingerprint density at radius 2 is 2.07 bits per heavy atom. The van der Waals surface area contributed by atoms with Crippen LogP contribution in [0.3, 0.4) is 0 Å². The van der Waals surface area contributed by atoms with Crippen molar-refractivity contribution in [2.75, 3.05) is 6.54 Å². The standard InChI is InChI=1S/C12H11NO2/c13-9-1-2-10-3-5-11(6-4-10)7-8-12(14)15/h3-8H,9,13H2,(H,14,15)/b8-7+. The number of hydrogen-bond donors (Lipinski definition) is 2. The van der Waals surface area contributed by atoms with Crippen LogP contribution in [-0.2, 0) is 4.79 Å². The normalized spacial score (nSPS) is 9.67. The third kappa shape index (κ3) is 4.12. The number of benzene rings is 1. The zero-order valence-electron chi connectivity index (χ0n) is 8.10. The molecular formula is C12H11NO2. The van der Waals surface area contributed by atoms with Crippen LogP contribution in [0.5, 0.6) is 0 Å². The monoisotopic (exact) mass is 201 g/mol. The number of aliphatic carboxylic acids is 1. The van der Waals surface area contributed by atoms with Crippen molar-refractivity contribution in [3.63, 3.8) is 0 Å². The van der Waals surface area contributed by atoms with Gasteiger partial charge in [-0.15, -0.1) is 0 Å². The Morgan fingerprint density at radius 3 is 2.60 bits per heavy atom. The van der Waals surface area contributed by atoms with Crippen molar-refractivity contribution in [3.8, 4) is 11.8 Å².